The summed E-state index contributed by atoms with van der Waals surface area (Å²) in [5.41, 5.74) is 3.28. The highest BCUT2D eigenvalue weighted by atomic mass is 32.1. The minimum Gasteiger partial charge on any atom is -0.507 e. The quantitative estimate of drug-likeness (QED) is 0.227. The normalized spacial score (nSPS) is 17.4. The van der Waals surface area contributed by atoms with Gasteiger partial charge in [0, 0.05) is 5.56 Å². The number of amides is 1. The number of halogens is 1. The van der Waals surface area contributed by atoms with E-state index >= 15 is 0 Å². The number of fused-ring (bicyclic) bond motifs is 1. The lowest BCUT2D eigenvalue weighted by Crippen LogP contribution is -2.29. The van der Waals surface area contributed by atoms with Gasteiger partial charge in [0.25, 0.3) is 5.78 Å². The summed E-state index contributed by atoms with van der Waals surface area (Å²) >= 11 is 1.27. The Labute approximate surface area is 204 Å². The number of carbonyl (C=O) groups excluding carboxylic acids is 2. The second-order valence-corrected chi connectivity index (χ2v) is 9.39. The fourth-order valence-corrected chi connectivity index (χ4v) is 5.56. The molecule has 176 valence electrons. The van der Waals surface area contributed by atoms with Crippen molar-refractivity contribution < 1.29 is 23.8 Å². The van der Waals surface area contributed by atoms with E-state index in [0.29, 0.717) is 22.0 Å². The molecule has 35 heavy (non-hydrogen) atoms. The van der Waals surface area contributed by atoms with E-state index in [1.807, 2.05) is 26.0 Å². The standard InChI is InChI=1S/C27H21FN2O4S/c1-14-11-15(2)22-20(12-14)35-27(29-22)30-23(17-5-4-6-18(28)13-17)21(25(32)26(30)33)24(31)16-7-9-19(34-3)10-8-16/h4-13,23,31H,1-3H3/t23-/m1/s1. The number of thiazole rings is 1. The average Bonchev–Trinajstić information content (AvgIpc) is 3.37. The number of aromatic nitrogens is 1. The fourth-order valence-electron chi connectivity index (χ4n) is 4.39. The number of benzene rings is 3. The van der Waals surface area contributed by atoms with Crippen LogP contribution in [0.25, 0.3) is 16.0 Å². The first-order valence-corrected chi connectivity index (χ1v) is 11.7. The molecule has 0 radical (unpaired) electrons. The third-order valence-electron chi connectivity index (χ3n) is 6.00. The van der Waals surface area contributed by atoms with Crippen molar-refractivity contribution in [3.63, 3.8) is 0 Å². The minimum absolute atomic E-state index is 0.127. The van der Waals surface area contributed by atoms with Gasteiger partial charge in [-0.25, -0.2) is 9.37 Å². The molecule has 0 aliphatic carbocycles. The van der Waals surface area contributed by atoms with Gasteiger partial charge in [0.15, 0.2) is 5.13 Å². The van der Waals surface area contributed by atoms with Gasteiger partial charge in [-0.2, -0.15) is 0 Å². The number of ketones is 1. The van der Waals surface area contributed by atoms with E-state index in [0.717, 1.165) is 21.3 Å². The van der Waals surface area contributed by atoms with E-state index in [4.69, 9.17) is 4.74 Å². The first kappa shape index (κ1) is 22.7. The van der Waals surface area contributed by atoms with Crippen LogP contribution in [0.1, 0.15) is 28.3 Å². The molecular weight excluding hydrogens is 467 g/mol. The van der Waals surface area contributed by atoms with Crippen LogP contribution in [0.3, 0.4) is 0 Å². The Hall–Kier alpha value is -4.04. The summed E-state index contributed by atoms with van der Waals surface area (Å²) in [6, 6.07) is 15.0. The fraction of sp³-hybridized carbons (Fsp3) is 0.148. The summed E-state index contributed by atoms with van der Waals surface area (Å²) in [4.78, 5) is 32.5. The highest BCUT2D eigenvalue weighted by Crippen LogP contribution is 2.44. The van der Waals surface area contributed by atoms with Crippen LogP contribution in [0.5, 0.6) is 5.75 Å². The monoisotopic (exact) mass is 488 g/mol. The molecular formula is C27H21FN2O4S. The predicted molar refractivity (Wildman–Crippen MR) is 133 cm³/mol. The van der Waals surface area contributed by atoms with E-state index in [1.165, 1.54) is 41.5 Å². The lowest BCUT2D eigenvalue weighted by molar-refractivity contribution is -0.132. The maximum atomic E-state index is 14.2. The predicted octanol–water partition coefficient (Wildman–Crippen LogP) is 5.69. The van der Waals surface area contributed by atoms with Gasteiger partial charge < -0.3 is 9.84 Å². The maximum absolute atomic E-state index is 14.2. The number of ether oxygens (including phenoxy) is 1. The molecule has 2 heterocycles. The zero-order valence-corrected chi connectivity index (χ0v) is 20.0. The van der Waals surface area contributed by atoms with Crippen LogP contribution in [0.4, 0.5) is 9.52 Å². The summed E-state index contributed by atoms with van der Waals surface area (Å²) < 4.78 is 20.3. The molecule has 1 fully saturated rings. The van der Waals surface area contributed by atoms with Crippen molar-refractivity contribution in [2.75, 3.05) is 12.0 Å². The molecule has 6 nitrogen and oxygen atoms in total. The molecule has 3 aromatic carbocycles. The molecule has 1 amide bonds. The molecule has 1 aromatic heterocycles. The van der Waals surface area contributed by atoms with Gasteiger partial charge in [0.2, 0.25) is 0 Å². The SMILES string of the molecule is COc1ccc(C(O)=C2C(=O)C(=O)N(c3nc4c(C)cc(C)cc4s3)[C@@H]2c2cccc(F)c2)cc1. The second-order valence-electron chi connectivity index (χ2n) is 8.38. The van der Waals surface area contributed by atoms with E-state index in [-0.39, 0.29) is 11.3 Å². The lowest BCUT2D eigenvalue weighted by atomic mass is 9.95. The molecule has 1 aliphatic heterocycles. The number of aliphatic hydroxyl groups excluding tert-OH is 1. The number of Topliss-reactive ketones (excluding diaryl/α,β-unsaturated/α-hetero) is 1. The van der Waals surface area contributed by atoms with Crippen LogP contribution in [0.15, 0.2) is 66.2 Å². The molecule has 0 spiro atoms. The number of hydrogen-bond donors (Lipinski definition) is 1. The average molecular weight is 489 g/mol. The van der Waals surface area contributed by atoms with Gasteiger partial charge in [-0.05, 0) is 73.0 Å². The van der Waals surface area contributed by atoms with E-state index in [1.54, 1.807) is 30.3 Å². The summed E-state index contributed by atoms with van der Waals surface area (Å²) in [5, 5.41) is 11.5. The smallest absolute Gasteiger partial charge is 0.301 e. The molecule has 8 heteroatoms. The Kier molecular flexibility index (Phi) is 5.61. The van der Waals surface area contributed by atoms with Crippen molar-refractivity contribution in [3.8, 4) is 5.75 Å². The van der Waals surface area contributed by atoms with E-state index in [2.05, 4.69) is 4.98 Å². The Morgan fingerprint density at radius 3 is 2.51 bits per heavy atom. The maximum Gasteiger partial charge on any atom is 0.301 e. The Bertz CT molecular complexity index is 1520. The summed E-state index contributed by atoms with van der Waals surface area (Å²) in [6.45, 7) is 3.90. The number of hydrogen-bond acceptors (Lipinski definition) is 6. The third-order valence-corrected chi connectivity index (χ3v) is 7.00. The minimum atomic E-state index is -1.05. The number of methoxy groups -OCH3 is 1. The molecule has 1 aliphatic rings. The van der Waals surface area contributed by atoms with Crippen molar-refractivity contribution in [2.45, 2.75) is 19.9 Å². The molecule has 1 saturated heterocycles. The van der Waals surface area contributed by atoms with E-state index < -0.39 is 23.5 Å². The van der Waals surface area contributed by atoms with Gasteiger partial charge in [0.1, 0.15) is 17.3 Å². The van der Waals surface area contributed by atoms with Crippen LogP contribution in [0.2, 0.25) is 0 Å². The Morgan fingerprint density at radius 1 is 1.09 bits per heavy atom. The third kappa shape index (κ3) is 3.85. The zero-order chi connectivity index (χ0) is 24.9. The molecule has 4 aromatic rings. The first-order chi connectivity index (χ1) is 16.8. The van der Waals surface area contributed by atoms with E-state index in [9.17, 15) is 19.1 Å². The molecule has 0 saturated carbocycles. The first-order valence-electron chi connectivity index (χ1n) is 10.9. The molecule has 0 unspecified atom stereocenters. The van der Waals surface area contributed by atoms with Crippen molar-refractivity contribution in [1.82, 2.24) is 4.98 Å². The second kappa shape index (κ2) is 8.63. The number of carbonyl (C=O) groups is 2. The van der Waals surface area contributed by atoms with Crippen LogP contribution >= 0.6 is 11.3 Å². The number of aliphatic hydroxyl groups is 1. The summed E-state index contributed by atoms with van der Waals surface area (Å²) in [5.74, 6) is -1.99. The number of aryl methyl sites for hydroxylation is 2. The highest BCUT2D eigenvalue weighted by molar-refractivity contribution is 7.22. The number of rotatable bonds is 4. The summed E-state index contributed by atoms with van der Waals surface area (Å²) in [6.07, 6.45) is 0. The van der Waals surface area contributed by atoms with Crippen LogP contribution in [0, 0.1) is 19.7 Å². The number of nitrogens with zero attached hydrogens (tertiary/aromatic N) is 2. The molecule has 0 bridgehead atoms. The van der Waals surface area contributed by atoms with Crippen LogP contribution in [-0.4, -0.2) is 28.9 Å². The van der Waals surface area contributed by atoms with Gasteiger partial charge in [-0.3, -0.25) is 14.5 Å². The number of anilines is 1. The van der Waals surface area contributed by atoms with Crippen molar-refractivity contribution in [3.05, 3.63) is 94.3 Å². The van der Waals surface area contributed by atoms with Crippen LogP contribution in [-0.2, 0) is 9.59 Å². The van der Waals surface area contributed by atoms with Gasteiger partial charge in [-0.1, -0.05) is 29.5 Å². The van der Waals surface area contributed by atoms with Crippen LogP contribution < -0.4 is 9.64 Å². The zero-order valence-electron chi connectivity index (χ0n) is 19.2. The highest BCUT2D eigenvalue weighted by Gasteiger charge is 2.48. The largest absolute Gasteiger partial charge is 0.507 e. The Balaban J connectivity index is 1.73. The summed E-state index contributed by atoms with van der Waals surface area (Å²) in [7, 11) is 1.52. The molecule has 5 rings (SSSR count). The van der Waals surface area contributed by atoms with Gasteiger partial charge in [-0.15, -0.1) is 0 Å². The molecule has 1 atom stereocenters. The molecule has 1 N–H and O–H groups in total. The van der Waals surface area contributed by atoms with Gasteiger partial charge >= 0.3 is 5.91 Å². The van der Waals surface area contributed by atoms with Crippen molar-refractivity contribution in [2.24, 2.45) is 0 Å². The van der Waals surface area contributed by atoms with Crippen molar-refractivity contribution in [1.29, 1.82) is 0 Å². The Morgan fingerprint density at radius 2 is 1.83 bits per heavy atom. The van der Waals surface area contributed by atoms with Crippen molar-refractivity contribution >= 4 is 44.1 Å². The topological polar surface area (TPSA) is 79.7 Å². The van der Waals surface area contributed by atoms with Gasteiger partial charge in [0.05, 0.1) is 28.9 Å². The lowest BCUT2D eigenvalue weighted by Gasteiger charge is -2.23.